The largest absolute Gasteiger partial charge is 0.356 e. The van der Waals surface area contributed by atoms with Gasteiger partial charge in [-0.25, -0.2) is 4.39 Å². The number of guanidine groups is 1. The molecule has 2 aliphatic rings. The van der Waals surface area contributed by atoms with Crippen LogP contribution in [0.4, 0.5) is 4.39 Å². The zero-order valence-electron chi connectivity index (χ0n) is 12.1. The molecule has 0 heterocycles. The Labute approximate surface area is 119 Å². The van der Waals surface area contributed by atoms with Crippen molar-refractivity contribution in [1.82, 2.24) is 10.6 Å². The maximum absolute atomic E-state index is 13.4. The second-order valence-electron chi connectivity index (χ2n) is 6.18. The molecule has 108 valence electrons. The van der Waals surface area contributed by atoms with Gasteiger partial charge in [0, 0.05) is 25.0 Å². The van der Waals surface area contributed by atoms with Gasteiger partial charge in [0.2, 0.25) is 0 Å². The third kappa shape index (κ3) is 2.79. The fourth-order valence-electron chi connectivity index (χ4n) is 2.68. The van der Waals surface area contributed by atoms with Crippen molar-refractivity contribution in [3.05, 3.63) is 35.6 Å². The zero-order chi connectivity index (χ0) is 14.2. The summed E-state index contributed by atoms with van der Waals surface area (Å²) in [7, 11) is 1.80. The van der Waals surface area contributed by atoms with Crippen LogP contribution in [-0.2, 0) is 5.41 Å². The number of hydrogen-bond acceptors (Lipinski definition) is 1. The standard InChI is InChI=1S/C16H22FN3/c1-11-8-14(11)20-15(18-2)19-10-16(6-7-16)12-4-3-5-13(17)9-12/h3-5,9,11,14H,6-8,10H2,1-2H3,(H2,18,19,20). The Hall–Kier alpha value is -1.58. The van der Waals surface area contributed by atoms with Crippen molar-refractivity contribution in [2.75, 3.05) is 13.6 Å². The van der Waals surface area contributed by atoms with Gasteiger partial charge in [-0.15, -0.1) is 0 Å². The summed E-state index contributed by atoms with van der Waals surface area (Å²) in [5.74, 6) is 1.46. The molecular formula is C16H22FN3. The summed E-state index contributed by atoms with van der Waals surface area (Å²) >= 11 is 0. The first-order valence-corrected chi connectivity index (χ1v) is 7.36. The van der Waals surface area contributed by atoms with E-state index in [0.29, 0.717) is 6.04 Å². The number of rotatable bonds is 4. The number of benzene rings is 1. The predicted octanol–water partition coefficient (Wildman–Crippen LogP) is 2.43. The number of nitrogens with zero attached hydrogens (tertiary/aromatic N) is 1. The molecule has 0 bridgehead atoms. The third-order valence-electron chi connectivity index (χ3n) is 4.54. The number of aliphatic imine (C=N–C) groups is 1. The third-order valence-corrected chi connectivity index (χ3v) is 4.54. The molecule has 0 amide bonds. The lowest BCUT2D eigenvalue weighted by molar-refractivity contribution is 0.606. The van der Waals surface area contributed by atoms with E-state index in [1.54, 1.807) is 19.2 Å². The Bertz CT molecular complexity index is 522. The Kier molecular flexibility index (Phi) is 3.40. The Morgan fingerprint density at radius 1 is 1.45 bits per heavy atom. The van der Waals surface area contributed by atoms with Gasteiger partial charge in [-0.3, -0.25) is 4.99 Å². The molecule has 0 radical (unpaired) electrons. The molecule has 2 fully saturated rings. The van der Waals surface area contributed by atoms with Crippen LogP contribution in [0.5, 0.6) is 0 Å². The highest BCUT2D eigenvalue weighted by atomic mass is 19.1. The zero-order valence-corrected chi connectivity index (χ0v) is 12.1. The molecule has 0 spiro atoms. The van der Waals surface area contributed by atoms with Gasteiger partial charge >= 0.3 is 0 Å². The summed E-state index contributed by atoms with van der Waals surface area (Å²) in [5, 5.41) is 6.82. The Morgan fingerprint density at radius 3 is 2.75 bits per heavy atom. The maximum Gasteiger partial charge on any atom is 0.191 e. The van der Waals surface area contributed by atoms with Crippen LogP contribution in [0.15, 0.2) is 29.3 Å². The Balaban J connectivity index is 1.59. The van der Waals surface area contributed by atoms with E-state index >= 15 is 0 Å². The van der Waals surface area contributed by atoms with E-state index in [4.69, 9.17) is 0 Å². The first-order chi connectivity index (χ1) is 9.63. The van der Waals surface area contributed by atoms with Crippen molar-refractivity contribution in [1.29, 1.82) is 0 Å². The van der Waals surface area contributed by atoms with Crippen LogP contribution in [0.1, 0.15) is 31.7 Å². The van der Waals surface area contributed by atoms with Gasteiger partial charge in [0.15, 0.2) is 5.96 Å². The summed E-state index contributed by atoms with van der Waals surface area (Å²) in [6.45, 7) is 3.05. The van der Waals surface area contributed by atoms with E-state index in [9.17, 15) is 4.39 Å². The molecule has 3 nitrogen and oxygen atoms in total. The van der Waals surface area contributed by atoms with Gasteiger partial charge in [0.25, 0.3) is 0 Å². The predicted molar refractivity (Wildman–Crippen MR) is 79.4 cm³/mol. The molecule has 2 saturated carbocycles. The second-order valence-corrected chi connectivity index (χ2v) is 6.18. The van der Waals surface area contributed by atoms with Crippen molar-refractivity contribution in [2.24, 2.45) is 10.9 Å². The Morgan fingerprint density at radius 2 is 2.20 bits per heavy atom. The van der Waals surface area contributed by atoms with Crippen LogP contribution in [0.2, 0.25) is 0 Å². The summed E-state index contributed by atoms with van der Waals surface area (Å²) < 4.78 is 13.4. The lowest BCUT2D eigenvalue weighted by Crippen LogP contribution is -2.42. The summed E-state index contributed by atoms with van der Waals surface area (Å²) in [6.07, 6.45) is 3.44. The molecule has 0 aliphatic heterocycles. The molecule has 1 aromatic rings. The second kappa shape index (κ2) is 5.08. The van der Waals surface area contributed by atoms with Crippen LogP contribution in [-0.4, -0.2) is 25.6 Å². The fraction of sp³-hybridized carbons (Fsp3) is 0.562. The molecule has 2 aliphatic carbocycles. The van der Waals surface area contributed by atoms with E-state index in [1.807, 2.05) is 6.07 Å². The minimum atomic E-state index is -0.150. The molecule has 1 aromatic carbocycles. The minimum Gasteiger partial charge on any atom is -0.356 e. The molecule has 3 rings (SSSR count). The fourth-order valence-corrected chi connectivity index (χ4v) is 2.68. The van der Waals surface area contributed by atoms with Crippen LogP contribution in [0.3, 0.4) is 0 Å². The van der Waals surface area contributed by atoms with Gasteiger partial charge in [0.1, 0.15) is 5.82 Å². The highest BCUT2D eigenvalue weighted by Gasteiger charge is 2.44. The van der Waals surface area contributed by atoms with Crippen molar-refractivity contribution in [3.8, 4) is 0 Å². The molecule has 2 unspecified atom stereocenters. The minimum absolute atomic E-state index is 0.0921. The SMILES string of the molecule is CN=C(NCC1(c2cccc(F)c2)CC1)NC1CC1C. The van der Waals surface area contributed by atoms with E-state index in [1.165, 1.54) is 12.5 Å². The number of halogens is 1. The smallest absolute Gasteiger partial charge is 0.191 e. The van der Waals surface area contributed by atoms with Crippen LogP contribution in [0, 0.1) is 11.7 Å². The van der Waals surface area contributed by atoms with Crippen molar-refractivity contribution in [3.63, 3.8) is 0 Å². The van der Waals surface area contributed by atoms with Crippen LogP contribution in [0.25, 0.3) is 0 Å². The van der Waals surface area contributed by atoms with Gasteiger partial charge < -0.3 is 10.6 Å². The molecule has 0 aromatic heterocycles. The van der Waals surface area contributed by atoms with Crippen molar-refractivity contribution in [2.45, 2.75) is 37.6 Å². The maximum atomic E-state index is 13.4. The summed E-state index contributed by atoms with van der Waals surface area (Å²) in [4.78, 5) is 4.27. The lowest BCUT2D eigenvalue weighted by atomic mass is 9.96. The molecule has 4 heteroatoms. The van der Waals surface area contributed by atoms with Gasteiger partial charge in [-0.2, -0.15) is 0 Å². The van der Waals surface area contributed by atoms with Gasteiger partial charge in [0.05, 0.1) is 0 Å². The van der Waals surface area contributed by atoms with Crippen molar-refractivity contribution >= 4 is 5.96 Å². The van der Waals surface area contributed by atoms with E-state index in [0.717, 1.165) is 36.8 Å². The normalized spacial score (nSPS) is 27.1. The number of hydrogen-bond donors (Lipinski definition) is 2. The molecule has 2 atom stereocenters. The average Bonchev–Trinajstić information content (AvgIpc) is 3.34. The van der Waals surface area contributed by atoms with Crippen molar-refractivity contribution < 1.29 is 4.39 Å². The summed E-state index contributed by atoms with van der Waals surface area (Å²) in [6, 6.07) is 7.54. The summed E-state index contributed by atoms with van der Waals surface area (Å²) in [5.41, 5.74) is 1.19. The molecular weight excluding hydrogens is 253 g/mol. The average molecular weight is 275 g/mol. The lowest BCUT2D eigenvalue weighted by Gasteiger charge is -2.19. The monoisotopic (exact) mass is 275 g/mol. The number of nitrogens with one attached hydrogen (secondary N) is 2. The van der Waals surface area contributed by atoms with Gasteiger partial charge in [-0.05, 0) is 42.9 Å². The highest BCUT2D eigenvalue weighted by molar-refractivity contribution is 5.80. The molecule has 20 heavy (non-hydrogen) atoms. The van der Waals surface area contributed by atoms with E-state index in [-0.39, 0.29) is 11.2 Å². The van der Waals surface area contributed by atoms with Crippen LogP contribution >= 0.6 is 0 Å². The quantitative estimate of drug-likeness (QED) is 0.654. The first kappa shape index (κ1) is 13.4. The van der Waals surface area contributed by atoms with Crippen LogP contribution < -0.4 is 10.6 Å². The van der Waals surface area contributed by atoms with E-state index in [2.05, 4.69) is 22.5 Å². The first-order valence-electron chi connectivity index (χ1n) is 7.36. The molecule has 0 saturated heterocycles. The van der Waals surface area contributed by atoms with Gasteiger partial charge in [-0.1, -0.05) is 19.1 Å². The topological polar surface area (TPSA) is 36.4 Å². The molecule has 2 N–H and O–H groups in total. The van der Waals surface area contributed by atoms with E-state index < -0.39 is 0 Å². The highest BCUT2D eigenvalue weighted by Crippen LogP contribution is 2.47.